The van der Waals surface area contributed by atoms with Gasteiger partial charge in [-0.15, -0.1) is 0 Å². The Hall–Kier alpha value is -2.70. The van der Waals surface area contributed by atoms with Crippen LogP contribution in [0.1, 0.15) is 38.2 Å². The lowest BCUT2D eigenvalue weighted by atomic mass is 9.83. The lowest BCUT2D eigenvalue weighted by molar-refractivity contribution is -0.141. The molecule has 1 saturated heterocycles. The molecule has 25 heavy (non-hydrogen) atoms. The van der Waals surface area contributed by atoms with E-state index in [4.69, 9.17) is 5.73 Å². The molecule has 2 unspecified atom stereocenters. The maximum Gasteiger partial charge on any atom is 0.284 e. The first-order valence-corrected chi connectivity index (χ1v) is 8.19. The molecule has 0 saturated carbocycles. The average Bonchev–Trinajstić information content (AvgIpc) is 2.76. The summed E-state index contributed by atoms with van der Waals surface area (Å²) in [4.78, 5) is 48.8. The smallest absolute Gasteiger partial charge is 0.284 e. The van der Waals surface area contributed by atoms with Gasteiger partial charge in [0.25, 0.3) is 5.91 Å². The summed E-state index contributed by atoms with van der Waals surface area (Å²) in [6.07, 6.45) is 0.250. The molecule has 0 bridgehead atoms. The van der Waals surface area contributed by atoms with Crippen molar-refractivity contribution >= 4 is 23.5 Å². The molecule has 1 heterocycles. The van der Waals surface area contributed by atoms with Gasteiger partial charge in [0.05, 0.1) is 11.8 Å². The van der Waals surface area contributed by atoms with Crippen molar-refractivity contribution in [2.75, 3.05) is 6.54 Å². The van der Waals surface area contributed by atoms with Crippen molar-refractivity contribution in [1.82, 2.24) is 4.90 Å². The Morgan fingerprint density at radius 1 is 1.16 bits per heavy atom. The van der Waals surface area contributed by atoms with E-state index in [1.54, 1.807) is 12.1 Å². The second-order valence-electron chi connectivity index (χ2n) is 6.67. The fourth-order valence-corrected chi connectivity index (χ4v) is 3.15. The highest BCUT2D eigenvalue weighted by Crippen LogP contribution is 2.39. The zero-order valence-corrected chi connectivity index (χ0v) is 14.3. The lowest BCUT2D eigenvalue weighted by Gasteiger charge is -2.17. The molecule has 0 spiro atoms. The van der Waals surface area contributed by atoms with Crippen LogP contribution < -0.4 is 5.73 Å². The van der Waals surface area contributed by atoms with Crippen LogP contribution in [0, 0.1) is 11.8 Å². The Kier molecular flexibility index (Phi) is 5.56. The van der Waals surface area contributed by atoms with Crippen LogP contribution in [0.15, 0.2) is 24.3 Å². The first kappa shape index (κ1) is 18.6. The Balaban J connectivity index is 2.28. The van der Waals surface area contributed by atoms with Gasteiger partial charge in [-0.3, -0.25) is 24.1 Å². The molecule has 134 valence electrons. The van der Waals surface area contributed by atoms with E-state index in [0.717, 1.165) is 4.90 Å². The summed E-state index contributed by atoms with van der Waals surface area (Å²) in [5.74, 6) is -3.52. The molecule has 3 N–H and O–H groups in total. The monoisotopic (exact) mass is 346 g/mol. The zero-order chi connectivity index (χ0) is 18.7. The van der Waals surface area contributed by atoms with E-state index in [-0.39, 0.29) is 30.5 Å². The van der Waals surface area contributed by atoms with Crippen LogP contribution in [0.4, 0.5) is 0 Å². The van der Waals surface area contributed by atoms with E-state index in [1.807, 2.05) is 13.8 Å². The van der Waals surface area contributed by atoms with Crippen LogP contribution in [-0.4, -0.2) is 40.1 Å². The molecular formula is C18H22N2O5. The predicted molar refractivity (Wildman–Crippen MR) is 89.3 cm³/mol. The van der Waals surface area contributed by atoms with Crippen molar-refractivity contribution < 1.29 is 24.3 Å². The molecule has 1 fully saturated rings. The molecule has 1 aromatic rings. The Labute approximate surface area is 145 Å². The zero-order valence-electron chi connectivity index (χ0n) is 14.3. The first-order valence-electron chi connectivity index (χ1n) is 8.19. The summed E-state index contributed by atoms with van der Waals surface area (Å²) in [5.41, 5.74) is 5.56. The topological polar surface area (TPSA) is 118 Å². The molecule has 0 aromatic heterocycles. The van der Waals surface area contributed by atoms with Gasteiger partial charge >= 0.3 is 0 Å². The number of likely N-dealkylation sites (tertiary alicyclic amines) is 1. The van der Waals surface area contributed by atoms with Crippen molar-refractivity contribution in [1.29, 1.82) is 0 Å². The van der Waals surface area contributed by atoms with Gasteiger partial charge in [-0.2, -0.15) is 0 Å². The van der Waals surface area contributed by atoms with Crippen molar-refractivity contribution in [3.05, 3.63) is 29.8 Å². The molecule has 0 aliphatic carbocycles. The van der Waals surface area contributed by atoms with E-state index in [1.165, 1.54) is 12.1 Å². The van der Waals surface area contributed by atoms with Crippen LogP contribution in [0.5, 0.6) is 5.75 Å². The van der Waals surface area contributed by atoms with Gasteiger partial charge < -0.3 is 10.8 Å². The number of aromatic hydroxyl groups is 1. The number of phenolic OH excluding ortho intramolecular Hbond substituents is 1. The predicted octanol–water partition coefficient (Wildman–Crippen LogP) is 0.951. The van der Waals surface area contributed by atoms with Crippen LogP contribution >= 0.6 is 0 Å². The third kappa shape index (κ3) is 4.04. The third-order valence-electron chi connectivity index (χ3n) is 4.33. The van der Waals surface area contributed by atoms with E-state index in [9.17, 15) is 24.3 Å². The molecular weight excluding hydrogens is 324 g/mol. The highest BCUT2D eigenvalue weighted by atomic mass is 16.3. The highest BCUT2D eigenvalue weighted by molar-refractivity contribution is 6.35. The number of benzene rings is 1. The number of imide groups is 1. The van der Waals surface area contributed by atoms with Crippen LogP contribution in [0.2, 0.25) is 0 Å². The number of primary amides is 1. The number of carbonyl (C=O) groups excluding carboxylic acids is 4. The summed E-state index contributed by atoms with van der Waals surface area (Å²) < 4.78 is 0. The number of amides is 3. The number of ketones is 1. The minimum absolute atomic E-state index is 0.0739. The van der Waals surface area contributed by atoms with Crippen LogP contribution in [0.3, 0.4) is 0 Å². The fourth-order valence-electron chi connectivity index (χ4n) is 3.15. The van der Waals surface area contributed by atoms with Gasteiger partial charge in [0, 0.05) is 13.0 Å². The van der Waals surface area contributed by atoms with Crippen molar-refractivity contribution in [3.8, 4) is 5.75 Å². The summed E-state index contributed by atoms with van der Waals surface area (Å²) in [6.45, 7) is 3.78. The Morgan fingerprint density at radius 2 is 1.76 bits per heavy atom. The van der Waals surface area contributed by atoms with Crippen molar-refractivity contribution in [3.63, 3.8) is 0 Å². The third-order valence-corrected chi connectivity index (χ3v) is 4.33. The van der Waals surface area contributed by atoms with Gasteiger partial charge in [0.1, 0.15) is 5.75 Å². The highest BCUT2D eigenvalue weighted by Gasteiger charge is 2.48. The molecule has 1 aliphatic rings. The SMILES string of the molecule is CC(C)CC1C(=O)N(CCC(=O)C(N)=O)C(=O)C1c1ccc(O)cc1. The number of Topliss-reactive ketones (excluding diaryl/α,β-unsaturated/α-hetero) is 1. The largest absolute Gasteiger partial charge is 0.508 e. The molecule has 2 atom stereocenters. The maximum absolute atomic E-state index is 12.8. The van der Waals surface area contributed by atoms with E-state index < -0.39 is 29.4 Å². The molecule has 1 aromatic carbocycles. The Bertz CT molecular complexity index is 696. The van der Waals surface area contributed by atoms with Crippen LogP contribution in [0.25, 0.3) is 0 Å². The average molecular weight is 346 g/mol. The normalized spacial score (nSPS) is 20.4. The second kappa shape index (κ2) is 7.46. The summed E-state index contributed by atoms with van der Waals surface area (Å²) in [6, 6.07) is 6.19. The lowest BCUT2D eigenvalue weighted by Crippen LogP contribution is -2.35. The van der Waals surface area contributed by atoms with Gasteiger partial charge in [-0.05, 0) is 30.0 Å². The molecule has 1 aliphatic heterocycles. The molecule has 0 radical (unpaired) electrons. The molecule has 2 rings (SSSR count). The van der Waals surface area contributed by atoms with Crippen LogP contribution in [-0.2, 0) is 19.2 Å². The minimum Gasteiger partial charge on any atom is -0.508 e. The summed E-state index contributed by atoms with van der Waals surface area (Å²) in [7, 11) is 0. The summed E-state index contributed by atoms with van der Waals surface area (Å²) >= 11 is 0. The van der Waals surface area contributed by atoms with Gasteiger partial charge in [0.15, 0.2) is 0 Å². The number of nitrogens with two attached hydrogens (primary N) is 1. The minimum atomic E-state index is -1.08. The number of phenols is 1. The molecule has 7 nitrogen and oxygen atoms in total. The quantitative estimate of drug-likeness (QED) is 0.563. The fraction of sp³-hybridized carbons (Fsp3) is 0.444. The first-order chi connectivity index (χ1) is 11.7. The van der Waals surface area contributed by atoms with E-state index >= 15 is 0 Å². The maximum atomic E-state index is 12.8. The van der Waals surface area contributed by atoms with Gasteiger partial charge in [-0.1, -0.05) is 26.0 Å². The number of hydrogen-bond acceptors (Lipinski definition) is 5. The van der Waals surface area contributed by atoms with Gasteiger partial charge in [-0.25, -0.2) is 0 Å². The standard InChI is InChI=1S/C18H22N2O5/c1-10(2)9-13-15(11-3-5-12(21)6-4-11)18(25)20(17(13)24)8-7-14(22)16(19)23/h3-6,10,13,15,21H,7-9H2,1-2H3,(H2,19,23). The number of rotatable bonds is 7. The van der Waals surface area contributed by atoms with Crippen molar-refractivity contribution in [2.45, 2.75) is 32.6 Å². The number of hydrogen-bond donors (Lipinski definition) is 2. The molecule has 3 amide bonds. The number of nitrogens with zero attached hydrogens (tertiary/aromatic N) is 1. The molecule has 7 heteroatoms. The summed E-state index contributed by atoms with van der Waals surface area (Å²) in [5, 5.41) is 9.43. The van der Waals surface area contributed by atoms with Gasteiger partial charge in [0.2, 0.25) is 17.6 Å². The second-order valence-corrected chi connectivity index (χ2v) is 6.67. The van der Waals surface area contributed by atoms with E-state index in [2.05, 4.69) is 0 Å². The van der Waals surface area contributed by atoms with Crippen molar-refractivity contribution in [2.24, 2.45) is 17.6 Å². The Morgan fingerprint density at radius 3 is 2.28 bits per heavy atom. The van der Waals surface area contributed by atoms with E-state index in [0.29, 0.717) is 12.0 Å². The number of carbonyl (C=O) groups is 4.